The van der Waals surface area contributed by atoms with Crippen LogP contribution in [0.2, 0.25) is 0 Å². The number of anilines is 1. The maximum Gasteiger partial charge on any atom is 0.295 e. The van der Waals surface area contributed by atoms with E-state index in [0.29, 0.717) is 19.5 Å². The minimum Gasteiger partial charge on any atom is -0.342 e. The molecule has 1 aromatic rings. The molecule has 1 heterocycles. The molecule has 0 spiro atoms. The van der Waals surface area contributed by atoms with E-state index < -0.39 is 22.3 Å². The van der Waals surface area contributed by atoms with Crippen LogP contribution in [0.25, 0.3) is 0 Å². The van der Waals surface area contributed by atoms with Gasteiger partial charge in [0.2, 0.25) is 11.8 Å². The summed E-state index contributed by atoms with van der Waals surface area (Å²) >= 11 is 0. The predicted molar refractivity (Wildman–Crippen MR) is 83.7 cm³/mol. The minimum absolute atomic E-state index is 0.0305. The van der Waals surface area contributed by atoms with Gasteiger partial charge >= 0.3 is 0 Å². The van der Waals surface area contributed by atoms with Gasteiger partial charge in [0, 0.05) is 19.0 Å². The number of carbonyl (C=O) groups is 2. The van der Waals surface area contributed by atoms with Gasteiger partial charge in [-0.15, -0.1) is 0 Å². The van der Waals surface area contributed by atoms with Crippen molar-refractivity contribution in [1.29, 1.82) is 0 Å². The number of nitro groups is 1. The summed E-state index contributed by atoms with van der Waals surface area (Å²) in [6.45, 7) is 0.978. The van der Waals surface area contributed by atoms with Crippen LogP contribution in [0.3, 0.4) is 0 Å². The number of halogens is 1. The molecule has 2 fully saturated rings. The van der Waals surface area contributed by atoms with Crippen LogP contribution in [0.15, 0.2) is 18.2 Å². The fraction of sp³-hybridized carbons (Fsp3) is 0.500. The largest absolute Gasteiger partial charge is 0.342 e. The van der Waals surface area contributed by atoms with Crippen LogP contribution in [0.5, 0.6) is 0 Å². The van der Waals surface area contributed by atoms with Crippen molar-refractivity contribution in [3.05, 3.63) is 34.1 Å². The van der Waals surface area contributed by atoms with Crippen LogP contribution in [0, 0.1) is 27.8 Å². The molecule has 8 heteroatoms. The number of likely N-dealkylation sites (tertiary alicyclic amines) is 1. The van der Waals surface area contributed by atoms with Crippen LogP contribution in [0.4, 0.5) is 15.8 Å². The average Bonchev–Trinajstić information content (AvgIpc) is 3.40. The van der Waals surface area contributed by atoms with Gasteiger partial charge in [0.1, 0.15) is 11.5 Å². The number of piperidine rings is 1. The first-order chi connectivity index (χ1) is 11.5. The quantitative estimate of drug-likeness (QED) is 0.675. The van der Waals surface area contributed by atoms with Gasteiger partial charge in [-0.3, -0.25) is 19.7 Å². The van der Waals surface area contributed by atoms with Crippen molar-refractivity contribution >= 4 is 23.2 Å². The van der Waals surface area contributed by atoms with Crippen LogP contribution < -0.4 is 5.32 Å². The average molecular weight is 335 g/mol. The van der Waals surface area contributed by atoms with Crippen LogP contribution in [-0.2, 0) is 9.59 Å². The lowest BCUT2D eigenvalue weighted by Gasteiger charge is -2.32. The molecule has 24 heavy (non-hydrogen) atoms. The molecule has 3 rings (SSSR count). The topological polar surface area (TPSA) is 92.5 Å². The molecule has 1 atom stereocenters. The summed E-state index contributed by atoms with van der Waals surface area (Å²) < 4.78 is 13.2. The molecule has 0 aromatic heterocycles. The highest BCUT2D eigenvalue weighted by Gasteiger charge is 2.37. The first-order valence-electron chi connectivity index (χ1n) is 7.99. The second-order valence-electron chi connectivity index (χ2n) is 6.31. The van der Waals surface area contributed by atoms with Crippen LogP contribution in [-0.4, -0.2) is 34.7 Å². The summed E-state index contributed by atoms with van der Waals surface area (Å²) in [4.78, 5) is 36.5. The van der Waals surface area contributed by atoms with Gasteiger partial charge in [-0.2, -0.15) is 0 Å². The van der Waals surface area contributed by atoms with Gasteiger partial charge in [0.05, 0.1) is 16.9 Å². The first kappa shape index (κ1) is 16.4. The van der Waals surface area contributed by atoms with Gasteiger partial charge in [-0.1, -0.05) is 0 Å². The van der Waals surface area contributed by atoms with Crippen LogP contribution >= 0.6 is 0 Å². The van der Waals surface area contributed by atoms with Gasteiger partial charge < -0.3 is 10.2 Å². The number of hydrogen-bond acceptors (Lipinski definition) is 4. The number of nitro benzene ring substituents is 1. The molecule has 1 aliphatic heterocycles. The van der Waals surface area contributed by atoms with E-state index in [2.05, 4.69) is 5.32 Å². The van der Waals surface area contributed by atoms with Crippen molar-refractivity contribution in [2.24, 2.45) is 11.8 Å². The molecule has 1 aromatic carbocycles. The Bertz CT molecular complexity index is 690. The fourth-order valence-electron chi connectivity index (χ4n) is 2.98. The first-order valence-corrected chi connectivity index (χ1v) is 7.99. The summed E-state index contributed by atoms with van der Waals surface area (Å²) in [6, 6.07) is 3.02. The van der Waals surface area contributed by atoms with Crippen molar-refractivity contribution in [3.8, 4) is 0 Å². The molecule has 1 N–H and O–H groups in total. The van der Waals surface area contributed by atoms with Crippen molar-refractivity contribution < 1.29 is 18.9 Å². The van der Waals surface area contributed by atoms with Crippen molar-refractivity contribution in [1.82, 2.24) is 4.90 Å². The smallest absolute Gasteiger partial charge is 0.295 e. The molecule has 2 aliphatic rings. The van der Waals surface area contributed by atoms with Crippen molar-refractivity contribution in [3.63, 3.8) is 0 Å². The van der Waals surface area contributed by atoms with E-state index in [1.54, 1.807) is 4.90 Å². The third-order valence-corrected chi connectivity index (χ3v) is 4.44. The van der Waals surface area contributed by atoms with E-state index in [-0.39, 0.29) is 23.4 Å². The summed E-state index contributed by atoms with van der Waals surface area (Å²) in [6.07, 6.45) is 3.17. The van der Waals surface area contributed by atoms with Crippen molar-refractivity contribution in [2.45, 2.75) is 25.7 Å². The minimum atomic E-state index is -0.737. The number of nitrogens with zero attached hydrogens (tertiary/aromatic N) is 2. The Morgan fingerprint density at radius 3 is 2.67 bits per heavy atom. The number of carbonyl (C=O) groups excluding carboxylic acids is 2. The van der Waals surface area contributed by atoms with E-state index in [1.165, 1.54) is 6.07 Å². The Kier molecular flexibility index (Phi) is 4.46. The molecule has 0 radical (unpaired) electrons. The number of nitrogens with one attached hydrogen (secondary N) is 1. The summed E-state index contributed by atoms with van der Waals surface area (Å²) in [5.41, 5.74) is -0.512. The van der Waals surface area contributed by atoms with E-state index >= 15 is 0 Å². The fourth-order valence-corrected chi connectivity index (χ4v) is 2.98. The molecule has 2 amide bonds. The number of benzene rings is 1. The second-order valence-corrected chi connectivity index (χ2v) is 6.31. The van der Waals surface area contributed by atoms with E-state index in [1.807, 2.05) is 0 Å². The Morgan fingerprint density at radius 1 is 1.25 bits per heavy atom. The van der Waals surface area contributed by atoms with Gasteiger partial charge in [-0.05, 0) is 37.8 Å². The Labute approximate surface area is 138 Å². The highest BCUT2D eigenvalue weighted by Crippen LogP contribution is 2.33. The zero-order valence-corrected chi connectivity index (χ0v) is 13.0. The van der Waals surface area contributed by atoms with Gasteiger partial charge in [0.25, 0.3) is 5.69 Å². The number of rotatable bonds is 4. The summed E-state index contributed by atoms with van der Waals surface area (Å²) in [5, 5.41) is 13.5. The Hall–Kier alpha value is -2.51. The third kappa shape index (κ3) is 3.52. The predicted octanol–water partition coefficient (Wildman–Crippen LogP) is 2.32. The number of amides is 2. The maximum absolute atomic E-state index is 13.2. The molecule has 0 bridgehead atoms. The maximum atomic E-state index is 13.2. The molecular weight excluding hydrogens is 317 g/mol. The molecule has 0 unspecified atom stereocenters. The van der Waals surface area contributed by atoms with Crippen molar-refractivity contribution in [2.75, 3.05) is 18.4 Å². The second kappa shape index (κ2) is 6.54. The van der Waals surface area contributed by atoms with E-state index in [4.69, 9.17) is 0 Å². The highest BCUT2D eigenvalue weighted by molar-refractivity contribution is 5.95. The molecule has 1 saturated carbocycles. The molecular formula is C16H18FN3O4. The standard InChI is InChI=1S/C16H18FN3O4/c17-12-5-6-13(14(8-12)20(23)24)18-15(21)11-2-1-7-19(9-11)16(22)10-3-4-10/h5-6,8,10-11H,1-4,7,9H2,(H,18,21)/t11-/m0/s1. The Morgan fingerprint density at radius 2 is 2.00 bits per heavy atom. The van der Waals surface area contributed by atoms with Crippen LogP contribution in [0.1, 0.15) is 25.7 Å². The zero-order valence-electron chi connectivity index (χ0n) is 13.0. The summed E-state index contributed by atoms with van der Waals surface area (Å²) in [5.74, 6) is -1.33. The lowest BCUT2D eigenvalue weighted by atomic mass is 9.96. The molecule has 7 nitrogen and oxygen atoms in total. The SMILES string of the molecule is O=C(Nc1ccc(F)cc1[N+](=O)[O-])[C@H]1CCCN(C(=O)C2CC2)C1. The lowest BCUT2D eigenvalue weighted by Crippen LogP contribution is -2.44. The van der Waals surface area contributed by atoms with Gasteiger partial charge in [0.15, 0.2) is 0 Å². The monoisotopic (exact) mass is 335 g/mol. The van der Waals surface area contributed by atoms with E-state index in [9.17, 15) is 24.1 Å². The van der Waals surface area contributed by atoms with Gasteiger partial charge in [-0.25, -0.2) is 4.39 Å². The van der Waals surface area contributed by atoms with E-state index in [0.717, 1.165) is 31.4 Å². The highest BCUT2D eigenvalue weighted by atomic mass is 19.1. The zero-order chi connectivity index (χ0) is 17.3. The Balaban J connectivity index is 1.68. The number of hydrogen-bond donors (Lipinski definition) is 1. The molecule has 1 aliphatic carbocycles. The third-order valence-electron chi connectivity index (χ3n) is 4.44. The molecule has 128 valence electrons. The lowest BCUT2D eigenvalue weighted by molar-refractivity contribution is -0.384. The molecule has 1 saturated heterocycles. The summed E-state index contributed by atoms with van der Waals surface area (Å²) in [7, 11) is 0. The normalized spacial score (nSPS) is 20.5.